The molecule has 0 bridgehead atoms. The van der Waals surface area contributed by atoms with Crippen LogP contribution in [0.4, 0.5) is 0 Å². The number of fused-ring (bicyclic) bond motifs is 1. The maximum absolute atomic E-state index is 12.7. The number of amides is 2. The minimum atomic E-state index is -0.00356. The van der Waals surface area contributed by atoms with Gasteiger partial charge in [-0.25, -0.2) is 0 Å². The first-order valence-electron chi connectivity index (χ1n) is 8.87. The van der Waals surface area contributed by atoms with Crippen LogP contribution in [0.1, 0.15) is 16.1 Å². The third-order valence-corrected chi connectivity index (χ3v) is 5.07. The predicted molar refractivity (Wildman–Crippen MR) is 99.9 cm³/mol. The summed E-state index contributed by atoms with van der Waals surface area (Å²) in [6, 6.07) is 11.7. The summed E-state index contributed by atoms with van der Waals surface area (Å²) in [6.45, 7) is 2.30. The molecule has 0 radical (unpaired) electrons. The van der Waals surface area contributed by atoms with Gasteiger partial charge in [-0.15, -0.1) is 0 Å². The van der Waals surface area contributed by atoms with E-state index in [2.05, 4.69) is 21.7 Å². The number of nitrogens with one attached hydrogen (secondary N) is 1. The summed E-state index contributed by atoms with van der Waals surface area (Å²) in [5, 5.41) is 1.13. The SMILES string of the molecule is Cn1cc(CC(=O)N2CCN(C(=O)c3ccc[nH]3)CC2)c2ccccc21. The number of benzene rings is 1. The molecule has 0 atom stereocenters. The van der Waals surface area contributed by atoms with E-state index in [0.29, 0.717) is 38.3 Å². The summed E-state index contributed by atoms with van der Waals surface area (Å²) in [5.74, 6) is 0.115. The van der Waals surface area contributed by atoms with E-state index in [0.717, 1.165) is 16.5 Å². The summed E-state index contributed by atoms with van der Waals surface area (Å²) >= 11 is 0. The van der Waals surface area contributed by atoms with Crippen molar-refractivity contribution in [1.29, 1.82) is 0 Å². The average molecular weight is 350 g/mol. The maximum Gasteiger partial charge on any atom is 0.270 e. The molecule has 4 rings (SSSR count). The Hall–Kier alpha value is -3.02. The Labute approximate surface area is 152 Å². The number of aromatic nitrogens is 2. The Morgan fingerprint density at radius 1 is 1.00 bits per heavy atom. The number of carbonyl (C=O) groups excluding carboxylic acids is 2. The normalized spacial score (nSPS) is 14.8. The van der Waals surface area contributed by atoms with E-state index < -0.39 is 0 Å². The number of rotatable bonds is 3. The van der Waals surface area contributed by atoms with E-state index in [9.17, 15) is 9.59 Å². The fraction of sp³-hybridized carbons (Fsp3) is 0.300. The van der Waals surface area contributed by atoms with E-state index in [-0.39, 0.29) is 11.8 Å². The van der Waals surface area contributed by atoms with Crippen molar-refractivity contribution in [2.45, 2.75) is 6.42 Å². The number of hydrogen-bond acceptors (Lipinski definition) is 2. The smallest absolute Gasteiger partial charge is 0.270 e. The Morgan fingerprint density at radius 2 is 1.73 bits per heavy atom. The fourth-order valence-electron chi connectivity index (χ4n) is 3.63. The lowest BCUT2D eigenvalue weighted by atomic mass is 10.1. The van der Waals surface area contributed by atoms with E-state index >= 15 is 0 Å². The van der Waals surface area contributed by atoms with E-state index in [4.69, 9.17) is 0 Å². The van der Waals surface area contributed by atoms with Crippen LogP contribution in [0.15, 0.2) is 48.8 Å². The quantitative estimate of drug-likeness (QED) is 0.786. The van der Waals surface area contributed by atoms with Crippen molar-refractivity contribution >= 4 is 22.7 Å². The van der Waals surface area contributed by atoms with Gasteiger partial charge in [-0.05, 0) is 23.8 Å². The minimum Gasteiger partial charge on any atom is -0.357 e. The van der Waals surface area contributed by atoms with Crippen molar-refractivity contribution in [1.82, 2.24) is 19.4 Å². The van der Waals surface area contributed by atoms with Crippen LogP contribution >= 0.6 is 0 Å². The minimum absolute atomic E-state index is 0.00356. The molecule has 134 valence electrons. The highest BCUT2D eigenvalue weighted by Gasteiger charge is 2.25. The van der Waals surface area contributed by atoms with Crippen LogP contribution in [-0.4, -0.2) is 57.3 Å². The number of H-pyrrole nitrogens is 1. The second-order valence-corrected chi connectivity index (χ2v) is 6.72. The van der Waals surface area contributed by atoms with Crippen molar-refractivity contribution in [3.63, 3.8) is 0 Å². The van der Waals surface area contributed by atoms with Gasteiger partial charge in [-0.1, -0.05) is 18.2 Å². The summed E-state index contributed by atoms with van der Waals surface area (Å²) < 4.78 is 2.06. The molecule has 1 aliphatic rings. The zero-order chi connectivity index (χ0) is 18.1. The van der Waals surface area contributed by atoms with E-state index in [1.165, 1.54) is 0 Å². The number of hydrogen-bond donors (Lipinski definition) is 1. The van der Waals surface area contributed by atoms with Gasteiger partial charge in [0, 0.05) is 56.5 Å². The number of para-hydroxylation sites is 1. The molecule has 0 saturated carbocycles. The molecule has 26 heavy (non-hydrogen) atoms. The molecule has 0 spiro atoms. The van der Waals surface area contributed by atoms with Crippen molar-refractivity contribution in [3.8, 4) is 0 Å². The van der Waals surface area contributed by atoms with Gasteiger partial charge in [0.1, 0.15) is 5.69 Å². The largest absolute Gasteiger partial charge is 0.357 e. The zero-order valence-corrected chi connectivity index (χ0v) is 14.8. The van der Waals surface area contributed by atoms with Gasteiger partial charge in [0.15, 0.2) is 0 Å². The van der Waals surface area contributed by atoms with Gasteiger partial charge in [0.25, 0.3) is 5.91 Å². The summed E-state index contributed by atoms with van der Waals surface area (Å²) in [7, 11) is 2.00. The topological polar surface area (TPSA) is 61.3 Å². The van der Waals surface area contributed by atoms with Crippen LogP contribution in [0.3, 0.4) is 0 Å². The number of nitrogens with zero attached hydrogens (tertiary/aromatic N) is 3. The fourth-order valence-corrected chi connectivity index (χ4v) is 3.63. The molecule has 0 unspecified atom stereocenters. The molecule has 2 aromatic heterocycles. The molecule has 2 amide bonds. The highest BCUT2D eigenvalue weighted by molar-refractivity contribution is 5.93. The third kappa shape index (κ3) is 2.98. The molecular weight excluding hydrogens is 328 g/mol. The monoisotopic (exact) mass is 350 g/mol. The molecule has 0 aliphatic carbocycles. The summed E-state index contributed by atoms with van der Waals surface area (Å²) in [5.41, 5.74) is 2.79. The summed E-state index contributed by atoms with van der Waals surface area (Å²) in [4.78, 5) is 31.7. The average Bonchev–Trinajstić information content (AvgIpc) is 3.31. The first-order valence-corrected chi connectivity index (χ1v) is 8.87. The highest BCUT2D eigenvalue weighted by atomic mass is 16.2. The second kappa shape index (κ2) is 6.71. The van der Waals surface area contributed by atoms with Gasteiger partial charge in [0.05, 0.1) is 6.42 Å². The molecule has 1 fully saturated rings. The molecule has 1 aliphatic heterocycles. The lowest BCUT2D eigenvalue weighted by molar-refractivity contribution is -0.131. The van der Waals surface area contributed by atoms with Crippen molar-refractivity contribution in [2.75, 3.05) is 26.2 Å². The molecule has 6 heteroatoms. The third-order valence-electron chi connectivity index (χ3n) is 5.07. The Morgan fingerprint density at radius 3 is 2.46 bits per heavy atom. The van der Waals surface area contributed by atoms with Crippen molar-refractivity contribution < 1.29 is 9.59 Å². The number of carbonyl (C=O) groups is 2. The Balaban J connectivity index is 1.40. The van der Waals surface area contributed by atoms with Crippen LogP contribution in [0, 0.1) is 0 Å². The highest BCUT2D eigenvalue weighted by Crippen LogP contribution is 2.21. The zero-order valence-electron chi connectivity index (χ0n) is 14.8. The number of piperazine rings is 1. The van der Waals surface area contributed by atoms with Crippen LogP contribution in [0.5, 0.6) is 0 Å². The number of aryl methyl sites for hydroxylation is 1. The lowest BCUT2D eigenvalue weighted by Crippen LogP contribution is -2.51. The van der Waals surface area contributed by atoms with Gasteiger partial charge in [-0.3, -0.25) is 9.59 Å². The molecule has 3 heterocycles. The molecule has 3 aromatic rings. The molecule has 1 aromatic carbocycles. The van der Waals surface area contributed by atoms with Gasteiger partial charge < -0.3 is 19.4 Å². The van der Waals surface area contributed by atoms with Crippen LogP contribution < -0.4 is 0 Å². The lowest BCUT2D eigenvalue weighted by Gasteiger charge is -2.34. The molecule has 1 saturated heterocycles. The molecule has 6 nitrogen and oxygen atoms in total. The second-order valence-electron chi connectivity index (χ2n) is 6.72. The maximum atomic E-state index is 12.7. The Kier molecular flexibility index (Phi) is 4.24. The van der Waals surface area contributed by atoms with Gasteiger partial charge in [0.2, 0.25) is 5.91 Å². The van der Waals surface area contributed by atoms with Crippen LogP contribution in [0.2, 0.25) is 0 Å². The van der Waals surface area contributed by atoms with Gasteiger partial charge in [-0.2, -0.15) is 0 Å². The van der Waals surface area contributed by atoms with E-state index in [1.54, 1.807) is 17.2 Å². The summed E-state index contributed by atoms with van der Waals surface area (Å²) in [6.07, 6.45) is 4.18. The van der Waals surface area contributed by atoms with Crippen molar-refractivity contribution in [2.24, 2.45) is 7.05 Å². The van der Waals surface area contributed by atoms with Crippen LogP contribution in [0.25, 0.3) is 10.9 Å². The molecular formula is C20H22N4O2. The first-order chi connectivity index (χ1) is 12.6. The standard InChI is InChI=1S/C20H22N4O2/c1-22-14-15(16-5-2-3-7-18(16)22)13-19(25)23-9-11-24(12-10-23)20(26)17-6-4-8-21-17/h2-8,14,21H,9-13H2,1H3. The van der Waals surface area contributed by atoms with E-state index in [1.807, 2.05) is 36.3 Å². The van der Waals surface area contributed by atoms with Crippen LogP contribution in [-0.2, 0) is 18.3 Å². The predicted octanol–water partition coefficient (Wildman–Crippen LogP) is 2.03. The molecule has 1 N–H and O–H groups in total. The first kappa shape index (κ1) is 16.4. The number of aromatic amines is 1. The van der Waals surface area contributed by atoms with Gasteiger partial charge >= 0.3 is 0 Å². The van der Waals surface area contributed by atoms with Crippen molar-refractivity contribution in [3.05, 3.63) is 60.0 Å². The Bertz CT molecular complexity index is 934.